The minimum absolute atomic E-state index is 0.296. The van der Waals surface area contributed by atoms with Crippen LogP contribution in [-0.2, 0) is 0 Å². The molecule has 0 aliphatic rings. The second-order valence-corrected chi connectivity index (χ2v) is 5.59. The van der Waals surface area contributed by atoms with E-state index in [0.29, 0.717) is 16.9 Å². The van der Waals surface area contributed by atoms with Gasteiger partial charge in [0.1, 0.15) is 11.8 Å². The van der Waals surface area contributed by atoms with Crippen molar-refractivity contribution in [1.29, 1.82) is 5.26 Å². The van der Waals surface area contributed by atoms with Crippen molar-refractivity contribution in [3.05, 3.63) is 84.2 Å². The van der Waals surface area contributed by atoms with Gasteiger partial charge in [0.05, 0.1) is 11.3 Å². The Balaban J connectivity index is 1.87. The van der Waals surface area contributed by atoms with Gasteiger partial charge in [0, 0.05) is 24.1 Å². The van der Waals surface area contributed by atoms with Crippen LogP contribution in [0, 0.1) is 11.3 Å². The normalized spacial score (nSPS) is 10.0. The first kappa shape index (κ1) is 17.2. The molecule has 1 heterocycles. The van der Waals surface area contributed by atoms with E-state index >= 15 is 0 Å². The summed E-state index contributed by atoms with van der Waals surface area (Å²) >= 11 is 0. The van der Waals surface area contributed by atoms with Crippen LogP contribution in [0.4, 0.5) is 17.1 Å². The molecule has 0 unspecified atom stereocenters. The Morgan fingerprint density at radius 1 is 1.08 bits per heavy atom. The zero-order valence-electron chi connectivity index (χ0n) is 14.4. The summed E-state index contributed by atoms with van der Waals surface area (Å²) in [6.07, 6.45) is 1.62. The third kappa shape index (κ3) is 3.70. The summed E-state index contributed by atoms with van der Waals surface area (Å²) in [6, 6.07) is 22.5. The number of nitrogens with zero attached hydrogens (tertiary/aromatic N) is 3. The summed E-state index contributed by atoms with van der Waals surface area (Å²) in [6.45, 7) is 2.81. The zero-order chi connectivity index (χ0) is 18.4. The van der Waals surface area contributed by atoms with Crippen molar-refractivity contribution in [2.24, 2.45) is 0 Å². The lowest BCUT2D eigenvalue weighted by molar-refractivity contribution is 0.102. The Bertz CT molecular complexity index is 947. The molecule has 26 heavy (non-hydrogen) atoms. The van der Waals surface area contributed by atoms with Crippen LogP contribution in [0.25, 0.3) is 0 Å². The lowest BCUT2D eigenvalue weighted by Gasteiger charge is -2.23. The first-order chi connectivity index (χ1) is 12.7. The van der Waals surface area contributed by atoms with Gasteiger partial charge in [-0.05, 0) is 43.3 Å². The predicted octanol–water partition coefficient (Wildman–Crippen LogP) is 4.36. The van der Waals surface area contributed by atoms with Crippen LogP contribution in [0.15, 0.2) is 72.9 Å². The molecular formula is C21H18N4O. The fourth-order valence-electron chi connectivity index (χ4n) is 2.71. The zero-order valence-corrected chi connectivity index (χ0v) is 14.4. The van der Waals surface area contributed by atoms with Crippen molar-refractivity contribution >= 4 is 23.0 Å². The second-order valence-electron chi connectivity index (χ2n) is 5.59. The van der Waals surface area contributed by atoms with Gasteiger partial charge in [-0.25, -0.2) is 0 Å². The fraction of sp³-hybridized carbons (Fsp3) is 0.0952. The van der Waals surface area contributed by atoms with Gasteiger partial charge >= 0.3 is 0 Å². The van der Waals surface area contributed by atoms with Gasteiger partial charge in [0.2, 0.25) is 0 Å². The Hall–Kier alpha value is -3.65. The molecule has 0 atom stereocenters. The second kappa shape index (κ2) is 7.95. The van der Waals surface area contributed by atoms with E-state index in [1.54, 1.807) is 36.5 Å². The number of anilines is 3. The van der Waals surface area contributed by atoms with Gasteiger partial charge in [0.25, 0.3) is 5.91 Å². The van der Waals surface area contributed by atoms with Gasteiger partial charge in [-0.1, -0.05) is 30.3 Å². The highest BCUT2D eigenvalue weighted by molar-refractivity contribution is 6.04. The van der Waals surface area contributed by atoms with Crippen LogP contribution in [0.5, 0.6) is 0 Å². The lowest BCUT2D eigenvalue weighted by atomic mass is 10.2. The van der Waals surface area contributed by atoms with Crippen molar-refractivity contribution < 1.29 is 4.79 Å². The average molecular weight is 342 g/mol. The van der Waals surface area contributed by atoms with Crippen LogP contribution in [0.1, 0.15) is 23.0 Å². The molecule has 5 heteroatoms. The van der Waals surface area contributed by atoms with E-state index in [-0.39, 0.29) is 5.91 Å². The molecule has 5 nitrogen and oxygen atoms in total. The highest BCUT2D eigenvalue weighted by Crippen LogP contribution is 2.25. The molecule has 0 aliphatic heterocycles. The average Bonchev–Trinajstić information content (AvgIpc) is 2.70. The molecular weight excluding hydrogens is 324 g/mol. The maximum Gasteiger partial charge on any atom is 0.274 e. The van der Waals surface area contributed by atoms with Crippen LogP contribution < -0.4 is 10.2 Å². The topological polar surface area (TPSA) is 69.0 Å². The van der Waals surface area contributed by atoms with E-state index in [1.165, 1.54) is 0 Å². The molecule has 0 saturated carbocycles. The number of rotatable bonds is 5. The van der Waals surface area contributed by atoms with E-state index in [0.717, 1.165) is 17.9 Å². The van der Waals surface area contributed by atoms with Gasteiger partial charge in [-0.3, -0.25) is 9.78 Å². The minimum Gasteiger partial charge on any atom is -0.342 e. The summed E-state index contributed by atoms with van der Waals surface area (Å²) in [5, 5.41) is 11.9. The molecule has 0 bridgehead atoms. The first-order valence-corrected chi connectivity index (χ1v) is 8.32. The molecule has 0 aliphatic carbocycles. The Morgan fingerprint density at radius 3 is 2.54 bits per heavy atom. The van der Waals surface area contributed by atoms with E-state index in [4.69, 9.17) is 5.26 Å². The summed E-state index contributed by atoms with van der Waals surface area (Å²) in [4.78, 5) is 18.9. The number of nitrogens with one attached hydrogen (secondary N) is 1. The van der Waals surface area contributed by atoms with Crippen molar-refractivity contribution in [3.63, 3.8) is 0 Å². The van der Waals surface area contributed by atoms with E-state index in [1.807, 2.05) is 36.4 Å². The third-order valence-corrected chi connectivity index (χ3v) is 3.97. The molecule has 2 aromatic carbocycles. The number of hydrogen-bond acceptors (Lipinski definition) is 4. The van der Waals surface area contributed by atoms with Crippen LogP contribution in [-0.4, -0.2) is 17.4 Å². The highest BCUT2D eigenvalue weighted by atomic mass is 16.1. The number of benzene rings is 2. The van der Waals surface area contributed by atoms with E-state index in [9.17, 15) is 4.79 Å². The van der Waals surface area contributed by atoms with Gasteiger partial charge in [-0.2, -0.15) is 5.26 Å². The van der Waals surface area contributed by atoms with Crippen molar-refractivity contribution in [3.8, 4) is 6.07 Å². The van der Waals surface area contributed by atoms with Crippen LogP contribution >= 0.6 is 0 Å². The molecule has 3 aromatic rings. The molecule has 0 spiro atoms. The van der Waals surface area contributed by atoms with Crippen LogP contribution in [0.3, 0.4) is 0 Å². The number of aromatic nitrogens is 1. The van der Waals surface area contributed by atoms with E-state index < -0.39 is 0 Å². The lowest BCUT2D eigenvalue weighted by Crippen LogP contribution is -2.18. The number of carbonyl (C=O) groups is 1. The summed E-state index contributed by atoms with van der Waals surface area (Å²) in [5.41, 5.74) is 3.11. The molecule has 128 valence electrons. The largest absolute Gasteiger partial charge is 0.342 e. The monoisotopic (exact) mass is 342 g/mol. The maximum absolute atomic E-state index is 12.6. The predicted molar refractivity (Wildman–Crippen MR) is 102 cm³/mol. The summed E-state index contributed by atoms with van der Waals surface area (Å²) < 4.78 is 0. The highest BCUT2D eigenvalue weighted by Gasteiger charge is 2.13. The van der Waals surface area contributed by atoms with Gasteiger partial charge in [0.15, 0.2) is 0 Å². The number of para-hydroxylation sites is 2. The first-order valence-electron chi connectivity index (χ1n) is 8.32. The molecule has 1 aromatic heterocycles. The molecule has 1 amide bonds. The van der Waals surface area contributed by atoms with Crippen LogP contribution in [0.2, 0.25) is 0 Å². The minimum atomic E-state index is -0.348. The smallest absolute Gasteiger partial charge is 0.274 e. The third-order valence-electron chi connectivity index (χ3n) is 3.97. The number of carbonyl (C=O) groups excluding carboxylic acids is 1. The summed E-state index contributed by atoms with van der Waals surface area (Å²) in [7, 11) is 0. The van der Waals surface area contributed by atoms with Crippen molar-refractivity contribution in [1.82, 2.24) is 4.98 Å². The summed E-state index contributed by atoms with van der Waals surface area (Å²) in [5.74, 6) is -0.348. The molecule has 0 fully saturated rings. The van der Waals surface area contributed by atoms with E-state index in [2.05, 4.69) is 28.2 Å². The number of nitriles is 1. The maximum atomic E-state index is 12.6. The number of pyridine rings is 1. The van der Waals surface area contributed by atoms with Crippen molar-refractivity contribution in [2.75, 3.05) is 16.8 Å². The standard InChI is InChI=1S/C21H18N4O/c1-2-25(17-9-4-3-5-10-17)18-12-13-23-20(14-18)21(26)24-19-11-7-6-8-16(19)15-22/h3-14H,2H2,1H3,(H,24,26). The molecule has 0 radical (unpaired) electrons. The number of amides is 1. The van der Waals surface area contributed by atoms with Gasteiger partial charge < -0.3 is 10.2 Å². The Labute approximate surface area is 152 Å². The molecule has 1 N–H and O–H groups in total. The quantitative estimate of drug-likeness (QED) is 0.748. The SMILES string of the molecule is CCN(c1ccccc1)c1ccnc(C(=O)Nc2ccccc2C#N)c1. The van der Waals surface area contributed by atoms with Gasteiger partial charge in [-0.15, -0.1) is 0 Å². The Kier molecular flexibility index (Phi) is 5.25. The van der Waals surface area contributed by atoms with Crippen molar-refractivity contribution in [2.45, 2.75) is 6.92 Å². The molecule has 3 rings (SSSR count). The number of hydrogen-bond donors (Lipinski definition) is 1. The fourth-order valence-corrected chi connectivity index (χ4v) is 2.71. The Morgan fingerprint density at radius 2 is 1.81 bits per heavy atom. The molecule has 0 saturated heterocycles.